The maximum atomic E-state index is 11.9. The lowest BCUT2D eigenvalue weighted by Crippen LogP contribution is -2.24. The summed E-state index contributed by atoms with van der Waals surface area (Å²) in [6.07, 6.45) is 5.16. The van der Waals surface area contributed by atoms with Crippen molar-refractivity contribution in [1.29, 1.82) is 0 Å². The summed E-state index contributed by atoms with van der Waals surface area (Å²) in [5.74, 6) is 0.884. The molecule has 0 radical (unpaired) electrons. The maximum Gasteiger partial charge on any atom is 0.413 e. The lowest BCUT2D eigenvalue weighted by molar-refractivity contribution is 0.167. The molecule has 35 heavy (non-hydrogen) atoms. The Bertz CT molecular complexity index is 1250. The minimum atomic E-state index is -0.555. The zero-order chi connectivity index (χ0) is 24.6. The van der Waals surface area contributed by atoms with E-state index in [-0.39, 0.29) is 6.61 Å². The van der Waals surface area contributed by atoms with Crippen LogP contribution >= 0.6 is 0 Å². The summed E-state index contributed by atoms with van der Waals surface area (Å²) in [5.41, 5.74) is 5.63. The van der Waals surface area contributed by atoms with Gasteiger partial charge in [-0.3, -0.25) is 10.2 Å². The highest BCUT2D eigenvalue weighted by atomic mass is 16.5. The van der Waals surface area contributed by atoms with Crippen LogP contribution in [0.15, 0.2) is 54.9 Å². The van der Waals surface area contributed by atoms with Gasteiger partial charge in [-0.05, 0) is 67.7 Å². The van der Waals surface area contributed by atoms with Gasteiger partial charge in [0.15, 0.2) is 5.82 Å². The Morgan fingerprint density at radius 2 is 1.71 bits per heavy atom. The number of carbonyl (C=O) groups excluding carboxylic acids is 1. The Morgan fingerprint density at radius 1 is 1.00 bits per heavy atom. The van der Waals surface area contributed by atoms with Crippen LogP contribution < -0.4 is 5.32 Å². The van der Waals surface area contributed by atoms with Crippen LogP contribution in [-0.4, -0.2) is 50.6 Å². The van der Waals surface area contributed by atoms with E-state index in [9.17, 15) is 4.79 Å². The molecule has 2 N–H and O–H groups in total. The molecule has 0 spiro atoms. The number of aromatic nitrogens is 4. The molecule has 4 aromatic rings. The molecule has 0 saturated carbocycles. The number of fused-ring (bicyclic) bond motifs is 1. The van der Waals surface area contributed by atoms with E-state index in [1.807, 2.05) is 12.1 Å². The van der Waals surface area contributed by atoms with E-state index in [2.05, 4.69) is 68.3 Å². The number of H-pyrrole nitrogens is 1. The van der Waals surface area contributed by atoms with Gasteiger partial charge >= 0.3 is 6.09 Å². The molecule has 1 amide bonds. The van der Waals surface area contributed by atoms with Crippen LogP contribution in [0.3, 0.4) is 0 Å². The predicted octanol–water partition coefficient (Wildman–Crippen LogP) is 5.88. The molecule has 4 rings (SSSR count). The van der Waals surface area contributed by atoms with Gasteiger partial charge in [-0.25, -0.2) is 19.7 Å². The Hall–Kier alpha value is -3.78. The van der Waals surface area contributed by atoms with Gasteiger partial charge in [-0.15, -0.1) is 0 Å². The van der Waals surface area contributed by atoms with Crippen LogP contribution in [-0.2, 0) is 11.3 Å². The summed E-state index contributed by atoms with van der Waals surface area (Å²) in [7, 11) is 0. The number of ether oxygens (including phenoxy) is 1. The molecule has 8 nitrogen and oxygen atoms in total. The number of hydrogen-bond donors (Lipinski definition) is 2. The van der Waals surface area contributed by atoms with Gasteiger partial charge in [0.25, 0.3) is 0 Å². The van der Waals surface area contributed by atoms with Gasteiger partial charge in [-0.1, -0.05) is 38.1 Å². The standard InChI is InChI=1S/C27H32N6O2/c1-4-14-33(15-5-2)18-19-8-10-20(11-9-19)21-16-22(25-28-12-7-13-29-25)24-23(17-21)30-26(31-24)32-27(34)35-6-3/h7-13,16-17H,4-6,14-15,18H2,1-3H3,(H2,30,31,32,34). The molecule has 0 aliphatic heterocycles. The van der Waals surface area contributed by atoms with Crippen molar-refractivity contribution in [2.24, 2.45) is 0 Å². The summed E-state index contributed by atoms with van der Waals surface area (Å²) in [4.78, 5) is 31.0. The fourth-order valence-corrected chi connectivity index (χ4v) is 4.18. The summed E-state index contributed by atoms with van der Waals surface area (Å²) < 4.78 is 4.98. The maximum absolute atomic E-state index is 11.9. The first-order chi connectivity index (χ1) is 17.1. The van der Waals surface area contributed by atoms with E-state index in [4.69, 9.17) is 4.74 Å². The zero-order valence-corrected chi connectivity index (χ0v) is 20.5. The Morgan fingerprint density at radius 3 is 2.37 bits per heavy atom. The predicted molar refractivity (Wildman–Crippen MR) is 139 cm³/mol. The monoisotopic (exact) mass is 472 g/mol. The highest BCUT2D eigenvalue weighted by Crippen LogP contribution is 2.32. The minimum absolute atomic E-state index is 0.282. The quantitative estimate of drug-likeness (QED) is 0.299. The van der Waals surface area contributed by atoms with E-state index in [1.165, 1.54) is 5.56 Å². The molecule has 2 aromatic carbocycles. The van der Waals surface area contributed by atoms with Gasteiger partial charge < -0.3 is 9.72 Å². The largest absolute Gasteiger partial charge is 0.450 e. The average Bonchev–Trinajstić information content (AvgIpc) is 3.27. The van der Waals surface area contributed by atoms with Crippen molar-refractivity contribution in [2.75, 3.05) is 25.0 Å². The first-order valence-electron chi connectivity index (χ1n) is 12.2. The summed E-state index contributed by atoms with van der Waals surface area (Å²) in [6.45, 7) is 9.64. The number of imidazole rings is 1. The third-order valence-corrected chi connectivity index (χ3v) is 5.66. The molecule has 182 valence electrons. The second kappa shape index (κ2) is 11.6. The fourth-order valence-electron chi connectivity index (χ4n) is 4.18. The van der Waals surface area contributed by atoms with Crippen molar-refractivity contribution in [3.05, 3.63) is 60.4 Å². The topological polar surface area (TPSA) is 96.0 Å². The second-order valence-electron chi connectivity index (χ2n) is 8.40. The molecule has 0 unspecified atom stereocenters. The third-order valence-electron chi connectivity index (χ3n) is 5.66. The number of amides is 1. The Balaban J connectivity index is 1.69. The molecule has 2 heterocycles. The van der Waals surface area contributed by atoms with Crippen molar-refractivity contribution >= 4 is 23.1 Å². The lowest BCUT2D eigenvalue weighted by atomic mass is 10.00. The van der Waals surface area contributed by atoms with Crippen molar-refractivity contribution in [1.82, 2.24) is 24.8 Å². The molecule has 0 saturated heterocycles. The van der Waals surface area contributed by atoms with Crippen LogP contribution in [0.2, 0.25) is 0 Å². The third kappa shape index (κ3) is 6.02. The van der Waals surface area contributed by atoms with Crippen LogP contribution in [0.25, 0.3) is 33.5 Å². The molecule has 8 heteroatoms. The fraction of sp³-hybridized carbons (Fsp3) is 0.333. The van der Waals surface area contributed by atoms with Crippen LogP contribution in [0.4, 0.5) is 10.7 Å². The SMILES string of the molecule is CCCN(CCC)Cc1ccc(-c2cc(-c3ncccn3)c3nc(NC(=O)OCC)[nH]c3c2)cc1. The van der Waals surface area contributed by atoms with E-state index < -0.39 is 6.09 Å². The van der Waals surface area contributed by atoms with E-state index in [0.717, 1.165) is 54.7 Å². The second-order valence-corrected chi connectivity index (χ2v) is 8.40. The normalized spacial score (nSPS) is 11.2. The van der Waals surface area contributed by atoms with Crippen molar-refractivity contribution < 1.29 is 9.53 Å². The first kappa shape index (κ1) is 24.3. The van der Waals surface area contributed by atoms with E-state index in [0.29, 0.717) is 17.3 Å². The van der Waals surface area contributed by atoms with Gasteiger partial charge in [0.1, 0.15) is 5.52 Å². The zero-order valence-electron chi connectivity index (χ0n) is 20.5. The number of aromatic amines is 1. The highest BCUT2D eigenvalue weighted by Gasteiger charge is 2.16. The number of rotatable bonds is 10. The Kier molecular flexibility index (Phi) is 8.05. The van der Waals surface area contributed by atoms with Crippen molar-refractivity contribution in [2.45, 2.75) is 40.2 Å². The number of nitrogens with zero attached hydrogens (tertiary/aromatic N) is 4. The van der Waals surface area contributed by atoms with Crippen molar-refractivity contribution in [3.8, 4) is 22.5 Å². The molecule has 0 fully saturated rings. The number of carbonyl (C=O) groups is 1. The average molecular weight is 473 g/mol. The Labute approximate surface area is 205 Å². The summed E-state index contributed by atoms with van der Waals surface area (Å²) >= 11 is 0. The number of benzene rings is 2. The highest BCUT2D eigenvalue weighted by molar-refractivity contribution is 5.96. The lowest BCUT2D eigenvalue weighted by Gasteiger charge is -2.21. The van der Waals surface area contributed by atoms with Gasteiger partial charge in [0.05, 0.1) is 12.1 Å². The summed E-state index contributed by atoms with van der Waals surface area (Å²) in [5, 5.41) is 2.64. The molecule has 0 atom stereocenters. The first-order valence-corrected chi connectivity index (χ1v) is 12.2. The smallest absolute Gasteiger partial charge is 0.413 e. The van der Waals surface area contributed by atoms with Crippen molar-refractivity contribution in [3.63, 3.8) is 0 Å². The number of nitrogens with one attached hydrogen (secondary N) is 2. The molecular formula is C27H32N6O2. The number of anilines is 1. The van der Waals surface area contributed by atoms with Crippen LogP contribution in [0.1, 0.15) is 39.2 Å². The van der Waals surface area contributed by atoms with Gasteiger partial charge in [0, 0.05) is 24.5 Å². The minimum Gasteiger partial charge on any atom is -0.450 e. The molecule has 0 aliphatic rings. The molecule has 0 bridgehead atoms. The molecule has 2 aromatic heterocycles. The molecule has 0 aliphatic carbocycles. The summed E-state index contributed by atoms with van der Waals surface area (Å²) in [6, 6.07) is 14.5. The molecular weight excluding hydrogens is 440 g/mol. The van der Waals surface area contributed by atoms with E-state index >= 15 is 0 Å². The van der Waals surface area contributed by atoms with Gasteiger partial charge in [0.2, 0.25) is 5.95 Å². The number of hydrogen-bond acceptors (Lipinski definition) is 6. The van der Waals surface area contributed by atoms with Crippen LogP contribution in [0, 0.1) is 0 Å². The van der Waals surface area contributed by atoms with Crippen LogP contribution in [0.5, 0.6) is 0 Å². The van der Waals surface area contributed by atoms with Gasteiger partial charge in [-0.2, -0.15) is 0 Å². The van der Waals surface area contributed by atoms with E-state index in [1.54, 1.807) is 25.4 Å².